The van der Waals surface area contributed by atoms with E-state index in [0.717, 1.165) is 18.7 Å². The van der Waals surface area contributed by atoms with Gasteiger partial charge in [0.2, 0.25) is 0 Å². The smallest absolute Gasteiger partial charge is 0.0670 e. The Bertz CT molecular complexity index is 192. The molecule has 0 fully saturated rings. The Morgan fingerprint density at radius 2 is 2.27 bits per heavy atom. The number of hydrogen-bond acceptors (Lipinski definition) is 2. The van der Waals surface area contributed by atoms with Gasteiger partial charge >= 0.3 is 0 Å². The van der Waals surface area contributed by atoms with Gasteiger partial charge in [-0.25, -0.2) is 0 Å². The van der Waals surface area contributed by atoms with Gasteiger partial charge in [0.1, 0.15) is 0 Å². The number of nitrogens with zero attached hydrogens (tertiary/aromatic N) is 2. The zero-order valence-electron chi connectivity index (χ0n) is 7.59. The zero-order chi connectivity index (χ0) is 8.27. The minimum absolute atomic E-state index is 0.403. The van der Waals surface area contributed by atoms with E-state index in [1.807, 2.05) is 0 Å². The van der Waals surface area contributed by atoms with Gasteiger partial charge < -0.3 is 0 Å². The van der Waals surface area contributed by atoms with E-state index in [1.54, 1.807) is 0 Å². The topological polar surface area (TPSA) is 24.7 Å². The van der Waals surface area contributed by atoms with E-state index in [0.29, 0.717) is 6.04 Å². The summed E-state index contributed by atoms with van der Waals surface area (Å²) in [7, 11) is 0. The average molecular weight is 152 g/mol. The lowest BCUT2D eigenvalue weighted by Crippen LogP contribution is -2.21. The second-order valence-electron chi connectivity index (χ2n) is 3.10. The van der Waals surface area contributed by atoms with Crippen LogP contribution in [0.15, 0.2) is 9.98 Å². The summed E-state index contributed by atoms with van der Waals surface area (Å²) in [6.45, 7) is 7.22. The van der Waals surface area contributed by atoms with Crippen molar-refractivity contribution < 1.29 is 0 Å². The third-order valence-corrected chi connectivity index (χ3v) is 1.87. The Hall–Kier alpha value is -0.660. The summed E-state index contributed by atoms with van der Waals surface area (Å²) in [6, 6.07) is 0.403. The van der Waals surface area contributed by atoms with Gasteiger partial charge in [0.15, 0.2) is 0 Å². The standard InChI is InChI=1S/C9H16N2/c1-4-5-9-8(3)10-6-7(2)11-9/h7H,4-6H2,1-3H3. The van der Waals surface area contributed by atoms with E-state index in [-0.39, 0.29) is 0 Å². The SMILES string of the molecule is CCCC1=NC(C)CN=C1C. The van der Waals surface area contributed by atoms with Gasteiger partial charge in [-0.15, -0.1) is 0 Å². The highest BCUT2D eigenvalue weighted by Gasteiger charge is 2.10. The van der Waals surface area contributed by atoms with Crippen LogP contribution in [-0.2, 0) is 0 Å². The van der Waals surface area contributed by atoms with E-state index in [2.05, 4.69) is 30.8 Å². The summed E-state index contributed by atoms with van der Waals surface area (Å²) in [4.78, 5) is 8.94. The molecule has 1 rings (SSSR count). The van der Waals surface area contributed by atoms with Crippen molar-refractivity contribution >= 4 is 11.4 Å². The highest BCUT2D eigenvalue weighted by molar-refractivity contribution is 6.41. The summed E-state index contributed by atoms with van der Waals surface area (Å²) >= 11 is 0. The molecule has 0 aromatic rings. The van der Waals surface area contributed by atoms with E-state index < -0.39 is 0 Å². The summed E-state index contributed by atoms with van der Waals surface area (Å²) in [5.74, 6) is 0. The fourth-order valence-electron chi connectivity index (χ4n) is 1.24. The van der Waals surface area contributed by atoms with Crippen LogP contribution in [0.4, 0.5) is 0 Å². The molecular formula is C9H16N2. The Labute approximate surface area is 68.4 Å². The number of aliphatic imine (C=N–C) groups is 2. The van der Waals surface area contributed by atoms with Crippen LogP contribution in [0.2, 0.25) is 0 Å². The molecule has 0 radical (unpaired) electrons. The molecule has 0 aromatic heterocycles. The molecule has 1 aliphatic heterocycles. The van der Waals surface area contributed by atoms with E-state index in [9.17, 15) is 0 Å². The fourth-order valence-corrected chi connectivity index (χ4v) is 1.24. The Kier molecular flexibility index (Phi) is 2.80. The maximum absolute atomic E-state index is 4.54. The van der Waals surface area contributed by atoms with Gasteiger partial charge in [-0.1, -0.05) is 13.3 Å². The van der Waals surface area contributed by atoms with Gasteiger partial charge in [-0.3, -0.25) is 9.98 Å². The molecule has 62 valence electrons. The maximum Gasteiger partial charge on any atom is 0.0670 e. The predicted molar refractivity (Wildman–Crippen MR) is 49.8 cm³/mol. The third-order valence-electron chi connectivity index (χ3n) is 1.87. The van der Waals surface area contributed by atoms with Crippen LogP contribution < -0.4 is 0 Å². The molecule has 0 aliphatic carbocycles. The van der Waals surface area contributed by atoms with Crippen LogP contribution >= 0.6 is 0 Å². The molecule has 2 heteroatoms. The molecular weight excluding hydrogens is 136 g/mol. The third kappa shape index (κ3) is 2.14. The van der Waals surface area contributed by atoms with Crippen LogP contribution in [0.5, 0.6) is 0 Å². The van der Waals surface area contributed by atoms with Crippen molar-refractivity contribution in [2.75, 3.05) is 6.54 Å². The molecule has 0 spiro atoms. The highest BCUT2D eigenvalue weighted by atomic mass is 14.9. The molecule has 1 heterocycles. The van der Waals surface area contributed by atoms with Gasteiger partial charge in [-0.2, -0.15) is 0 Å². The molecule has 0 saturated heterocycles. The first-order chi connectivity index (χ1) is 5.24. The van der Waals surface area contributed by atoms with Crippen molar-refractivity contribution in [2.24, 2.45) is 9.98 Å². The summed E-state index contributed by atoms with van der Waals surface area (Å²) in [5, 5.41) is 0. The minimum Gasteiger partial charge on any atom is -0.286 e. The van der Waals surface area contributed by atoms with Gasteiger partial charge in [0.25, 0.3) is 0 Å². The average Bonchev–Trinajstić information content (AvgIpc) is 1.98. The Morgan fingerprint density at radius 1 is 1.55 bits per heavy atom. The number of hydrogen-bond donors (Lipinski definition) is 0. The summed E-state index contributed by atoms with van der Waals surface area (Å²) < 4.78 is 0. The second kappa shape index (κ2) is 3.65. The Balaban J connectivity index is 2.65. The zero-order valence-corrected chi connectivity index (χ0v) is 7.59. The molecule has 0 aromatic carbocycles. The second-order valence-corrected chi connectivity index (χ2v) is 3.10. The van der Waals surface area contributed by atoms with Crippen LogP contribution in [0, 0.1) is 0 Å². The van der Waals surface area contributed by atoms with E-state index in [4.69, 9.17) is 0 Å². The Morgan fingerprint density at radius 3 is 2.91 bits per heavy atom. The largest absolute Gasteiger partial charge is 0.286 e. The molecule has 11 heavy (non-hydrogen) atoms. The van der Waals surface area contributed by atoms with Crippen LogP contribution in [-0.4, -0.2) is 24.0 Å². The quantitative estimate of drug-likeness (QED) is 0.579. The molecule has 1 aliphatic rings. The predicted octanol–water partition coefficient (Wildman–Crippen LogP) is 2.09. The maximum atomic E-state index is 4.54. The fraction of sp³-hybridized carbons (Fsp3) is 0.778. The summed E-state index contributed by atoms with van der Waals surface area (Å²) in [5.41, 5.74) is 2.36. The van der Waals surface area contributed by atoms with Gasteiger partial charge in [-0.05, 0) is 20.3 Å². The first-order valence-corrected chi connectivity index (χ1v) is 4.32. The van der Waals surface area contributed by atoms with Crippen LogP contribution in [0.25, 0.3) is 0 Å². The van der Waals surface area contributed by atoms with Crippen molar-refractivity contribution in [3.8, 4) is 0 Å². The minimum atomic E-state index is 0.403. The monoisotopic (exact) mass is 152 g/mol. The van der Waals surface area contributed by atoms with Crippen molar-refractivity contribution in [3.63, 3.8) is 0 Å². The molecule has 0 N–H and O–H groups in total. The normalized spacial score (nSPS) is 24.5. The van der Waals surface area contributed by atoms with Crippen LogP contribution in [0.1, 0.15) is 33.6 Å². The molecule has 0 saturated carbocycles. The van der Waals surface area contributed by atoms with Crippen LogP contribution in [0.3, 0.4) is 0 Å². The van der Waals surface area contributed by atoms with E-state index >= 15 is 0 Å². The van der Waals surface area contributed by atoms with Crippen molar-refractivity contribution in [1.29, 1.82) is 0 Å². The number of rotatable bonds is 2. The van der Waals surface area contributed by atoms with Crippen molar-refractivity contribution in [3.05, 3.63) is 0 Å². The van der Waals surface area contributed by atoms with Crippen molar-refractivity contribution in [1.82, 2.24) is 0 Å². The summed E-state index contributed by atoms with van der Waals surface area (Å²) in [6.07, 6.45) is 2.25. The van der Waals surface area contributed by atoms with Gasteiger partial charge in [0, 0.05) is 0 Å². The lowest BCUT2D eigenvalue weighted by Gasteiger charge is -2.14. The molecule has 0 amide bonds. The molecule has 0 bridgehead atoms. The lowest BCUT2D eigenvalue weighted by molar-refractivity contribution is 0.741. The molecule has 2 nitrogen and oxygen atoms in total. The molecule has 1 unspecified atom stereocenters. The molecule has 1 atom stereocenters. The highest BCUT2D eigenvalue weighted by Crippen LogP contribution is 2.05. The lowest BCUT2D eigenvalue weighted by atomic mass is 10.1. The van der Waals surface area contributed by atoms with Crippen molar-refractivity contribution in [2.45, 2.75) is 39.7 Å². The first-order valence-electron chi connectivity index (χ1n) is 4.32. The first kappa shape index (κ1) is 8.44. The van der Waals surface area contributed by atoms with E-state index in [1.165, 1.54) is 12.1 Å². The van der Waals surface area contributed by atoms with Gasteiger partial charge in [0.05, 0.1) is 24.0 Å².